The third-order valence-corrected chi connectivity index (χ3v) is 9.48. The van der Waals surface area contributed by atoms with Crippen LogP contribution in [0.15, 0.2) is 82.9 Å². The van der Waals surface area contributed by atoms with Crippen LogP contribution >= 0.6 is 23.1 Å². The average molecular weight is 575 g/mol. The van der Waals surface area contributed by atoms with E-state index >= 15 is 0 Å². The monoisotopic (exact) mass is 574 g/mol. The van der Waals surface area contributed by atoms with E-state index in [1.165, 1.54) is 28.7 Å². The van der Waals surface area contributed by atoms with Gasteiger partial charge in [0.1, 0.15) is 23.3 Å². The summed E-state index contributed by atoms with van der Waals surface area (Å²) in [5.41, 5.74) is 1.61. The molecule has 0 radical (unpaired) electrons. The number of aromatic hydroxyl groups is 1. The van der Waals surface area contributed by atoms with E-state index in [1.54, 1.807) is 54.9 Å². The standard InChI is InChI=1S/C28H22N4O6S2/c1-38-19-10-6-17(7-11-19)32-25(35)22-21(15-3-2-12-29-13-15)24-27(39-23(22)26(32)36)31(28(37)40-24)14-20(34)30-16-4-8-18(33)9-5-16/h2-13,21-23,33H,14H2,1H3,(H,30,34). The van der Waals surface area contributed by atoms with Gasteiger partial charge in [-0.2, -0.15) is 0 Å². The van der Waals surface area contributed by atoms with Gasteiger partial charge in [0.2, 0.25) is 17.7 Å². The van der Waals surface area contributed by atoms with Crippen LogP contribution in [-0.2, 0) is 20.9 Å². The van der Waals surface area contributed by atoms with Gasteiger partial charge >= 0.3 is 4.87 Å². The number of fused-ring (bicyclic) bond motifs is 2. The number of amides is 3. The van der Waals surface area contributed by atoms with E-state index in [2.05, 4.69) is 10.3 Å². The van der Waals surface area contributed by atoms with Crippen molar-refractivity contribution < 1.29 is 24.2 Å². The van der Waals surface area contributed by atoms with Crippen molar-refractivity contribution in [2.75, 3.05) is 17.3 Å². The van der Waals surface area contributed by atoms with E-state index < -0.39 is 23.0 Å². The molecule has 10 nitrogen and oxygen atoms in total. The lowest BCUT2D eigenvalue weighted by molar-refractivity contribution is -0.122. The number of ether oxygens (including phenoxy) is 1. The minimum absolute atomic E-state index is 0.0629. The molecule has 4 aromatic rings. The molecule has 2 aromatic heterocycles. The molecule has 0 aliphatic carbocycles. The van der Waals surface area contributed by atoms with E-state index in [9.17, 15) is 24.3 Å². The second-order valence-electron chi connectivity index (χ2n) is 9.26. The summed E-state index contributed by atoms with van der Waals surface area (Å²) in [4.78, 5) is 59.4. The molecule has 2 aliphatic rings. The lowest BCUT2D eigenvalue weighted by Crippen LogP contribution is -2.33. The van der Waals surface area contributed by atoms with E-state index in [1.807, 2.05) is 6.07 Å². The van der Waals surface area contributed by atoms with Gasteiger partial charge in [-0.1, -0.05) is 29.2 Å². The Hall–Kier alpha value is -4.42. The zero-order chi connectivity index (χ0) is 28.0. The van der Waals surface area contributed by atoms with Crippen molar-refractivity contribution in [3.63, 3.8) is 0 Å². The highest BCUT2D eigenvalue weighted by atomic mass is 32.2. The number of hydrogen-bond donors (Lipinski definition) is 2. The van der Waals surface area contributed by atoms with Gasteiger partial charge < -0.3 is 15.2 Å². The molecule has 0 saturated carbocycles. The minimum Gasteiger partial charge on any atom is -0.508 e. The van der Waals surface area contributed by atoms with Crippen molar-refractivity contribution in [1.82, 2.24) is 9.55 Å². The molecule has 0 bridgehead atoms. The number of phenols is 1. The molecule has 0 spiro atoms. The van der Waals surface area contributed by atoms with Crippen LogP contribution in [0.4, 0.5) is 11.4 Å². The van der Waals surface area contributed by atoms with Gasteiger partial charge in [0, 0.05) is 28.9 Å². The van der Waals surface area contributed by atoms with Crippen LogP contribution in [-0.4, -0.2) is 44.7 Å². The van der Waals surface area contributed by atoms with E-state index in [0.717, 1.165) is 23.1 Å². The predicted molar refractivity (Wildman–Crippen MR) is 150 cm³/mol. The molecule has 1 saturated heterocycles. The number of pyridine rings is 1. The number of thioether (sulfide) groups is 1. The van der Waals surface area contributed by atoms with Gasteiger partial charge in [-0.05, 0) is 60.2 Å². The van der Waals surface area contributed by atoms with Crippen molar-refractivity contribution in [3.05, 3.63) is 93.2 Å². The van der Waals surface area contributed by atoms with Gasteiger partial charge in [0.15, 0.2) is 0 Å². The number of rotatable bonds is 6. The van der Waals surface area contributed by atoms with Gasteiger partial charge in [-0.3, -0.25) is 28.7 Å². The van der Waals surface area contributed by atoms with Gasteiger partial charge in [0.05, 0.1) is 23.7 Å². The van der Waals surface area contributed by atoms with Crippen LogP contribution < -0.4 is 19.8 Å². The first-order valence-corrected chi connectivity index (χ1v) is 14.0. The Balaban J connectivity index is 1.38. The number of hydrogen-bond acceptors (Lipinski definition) is 9. The first-order valence-electron chi connectivity index (χ1n) is 12.3. The van der Waals surface area contributed by atoms with Crippen LogP contribution in [0.3, 0.4) is 0 Å². The number of imide groups is 1. The molecule has 4 heterocycles. The number of anilines is 2. The van der Waals surface area contributed by atoms with Crippen LogP contribution in [0.1, 0.15) is 16.4 Å². The first kappa shape index (κ1) is 25.8. The quantitative estimate of drug-likeness (QED) is 0.265. The smallest absolute Gasteiger partial charge is 0.308 e. The summed E-state index contributed by atoms with van der Waals surface area (Å²) >= 11 is 2.12. The Labute approximate surface area is 236 Å². The van der Waals surface area contributed by atoms with Gasteiger partial charge in [0.25, 0.3) is 0 Å². The zero-order valence-corrected chi connectivity index (χ0v) is 22.6. The van der Waals surface area contributed by atoms with Gasteiger partial charge in [-0.15, -0.1) is 0 Å². The lowest BCUT2D eigenvalue weighted by atomic mass is 9.84. The van der Waals surface area contributed by atoms with E-state index in [-0.39, 0.29) is 29.0 Å². The van der Waals surface area contributed by atoms with E-state index in [0.29, 0.717) is 32.6 Å². The molecular weight excluding hydrogens is 552 g/mol. The summed E-state index contributed by atoms with van der Waals surface area (Å²) in [5.74, 6) is -1.87. The lowest BCUT2D eigenvalue weighted by Gasteiger charge is -2.30. The second-order valence-corrected chi connectivity index (χ2v) is 11.4. The summed E-state index contributed by atoms with van der Waals surface area (Å²) in [6.45, 7) is -0.278. The maximum atomic E-state index is 13.9. The number of thiazole rings is 1. The Morgan fingerprint density at radius 3 is 2.48 bits per heavy atom. The summed E-state index contributed by atoms with van der Waals surface area (Å²) in [7, 11) is 1.54. The largest absolute Gasteiger partial charge is 0.508 e. The number of methoxy groups -OCH3 is 1. The molecule has 12 heteroatoms. The van der Waals surface area contributed by atoms with Gasteiger partial charge in [-0.25, -0.2) is 4.90 Å². The average Bonchev–Trinajstić information content (AvgIpc) is 3.41. The third kappa shape index (κ3) is 4.44. The number of phenolic OH excluding ortho intramolecular Hbond substituents is 1. The van der Waals surface area contributed by atoms with Crippen molar-refractivity contribution in [2.24, 2.45) is 5.92 Å². The van der Waals surface area contributed by atoms with Crippen LogP contribution in [0.2, 0.25) is 0 Å². The SMILES string of the molecule is COc1ccc(N2C(=O)C3Sc4c(sc(=O)n4CC(=O)Nc4ccc(O)cc4)C(c4cccnc4)C3C2=O)cc1. The molecule has 1 fully saturated rings. The number of carbonyl (C=O) groups excluding carboxylic acids is 3. The topological polar surface area (TPSA) is 131 Å². The Kier molecular flexibility index (Phi) is 6.64. The van der Waals surface area contributed by atoms with E-state index in [4.69, 9.17) is 4.74 Å². The Morgan fingerprint density at radius 2 is 1.80 bits per heavy atom. The Morgan fingerprint density at radius 1 is 1.05 bits per heavy atom. The van der Waals surface area contributed by atoms with Crippen molar-refractivity contribution in [1.29, 1.82) is 0 Å². The molecule has 2 aromatic carbocycles. The molecule has 3 unspecified atom stereocenters. The van der Waals surface area contributed by atoms with Crippen LogP contribution in [0, 0.1) is 5.92 Å². The first-order chi connectivity index (χ1) is 19.4. The fourth-order valence-electron chi connectivity index (χ4n) is 5.05. The zero-order valence-electron chi connectivity index (χ0n) is 21.0. The molecular formula is C28H22N4O6S2. The van der Waals surface area contributed by atoms with Crippen molar-refractivity contribution in [2.45, 2.75) is 22.7 Å². The number of carbonyl (C=O) groups is 3. The van der Waals surface area contributed by atoms with Crippen LogP contribution in [0.25, 0.3) is 0 Å². The molecule has 202 valence electrons. The highest BCUT2D eigenvalue weighted by Gasteiger charge is 2.56. The minimum atomic E-state index is -0.798. The predicted octanol–water partition coefficient (Wildman–Crippen LogP) is 3.45. The molecule has 3 atom stereocenters. The number of nitrogens with one attached hydrogen (secondary N) is 1. The van der Waals surface area contributed by atoms with Crippen LogP contribution in [0.5, 0.6) is 11.5 Å². The number of nitrogens with zero attached hydrogens (tertiary/aromatic N) is 3. The number of aromatic nitrogens is 2. The summed E-state index contributed by atoms with van der Waals surface area (Å²) in [6, 6.07) is 16.3. The summed E-state index contributed by atoms with van der Waals surface area (Å²) < 4.78 is 6.57. The highest BCUT2D eigenvalue weighted by molar-refractivity contribution is 8.00. The Bertz CT molecular complexity index is 1670. The molecule has 6 rings (SSSR count). The number of benzene rings is 2. The normalized spacial score (nSPS) is 19.7. The maximum Gasteiger partial charge on any atom is 0.308 e. The summed E-state index contributed by atoms with van der Waals surface area (Å²) in [5, 5.41) is 11.9. The summed E-state index contributed by atoms with van der Waals surface area (Å²) in [6.07, 6.45) is 3.26. The fraction of sp³-hybridized carbons (Fsp3) is 0.179. The molecule has 40 heavy (non-hydrogen) atoms. The molecule has 3 amide bonds. The maximum absolute atomic E-state index is 13.9. The highest BCUT2D eigenvalue weighted by Crippen LogP contribution is 2.53. The second kappa shape index (κ2) is 10.3. The third-order valence-electron chi connectivity index (χ3n) is 6.88. The fourth-order valence-corrected chi connectivity index (χ4v) is 7.82. The molecule has 2 aliphatic heterocycles. The van der Waals surface area contributed by atoms with Crippen molar-refractivity contribution in [3.8, 4) is 11.5 Å². The van der Waals surface area contributed by atoms with Crippen molar-refractivity contribution >= 4 is 52.2 Å². The molecule has 2 N–H and O–H groups in total.